The van der Waals surface area contributed by atoms with Gasteiger partial charge in [-0.1, -0.05) is 18.2 Å². The summed E-state index contributed by atoms with van der Waals surface area (Å²) >= 11 is 0. The Morgan fingerprint density at radius 3 is 2.71 bits per heavy atom. The van der Waals surface area contributed by atoms with Gasteiger partial charge in [0.15, 0.2) is 0 Å². The van der Waals surface area contributed by atoms with Gasteiger partial charge in [-0.3, -0.25) is 19.7 Å². The van der Waals surface area contributed by atoms with E-state index in [1.807, 2.05) is 31.9 Å². The number of aromatic amines is 1. The van der Waals surface area contributed by atoms with Crippen LogP contribution in [0.2, 0.25) is 0 Å². The highest BCUT2D eigenvalue weighted by Gasteiger charge is 2.24. The van der Waals surface area contributed by atoms with Gasteiger partial charge in [0.2, 0.25) is 11.8 Å². The minimum atomic E-state index is -0.372. The number of carbonyl (C=O) groups excluding carboxylic acids is 2. The van der Waals surface area contributed by atoms with E-state index in [9.17, 15) is 14.0 Å². The van der Waals surface area contributed by atoms with Gasteiger partial charge in [0.05, 0.1) is 5.69 Å². The van der Waals surface area contributed by atoms with Crippen LogP contribution in [0.4, 0.5) is 4.39 Å². The smallest absolute Gasteiger partial charge is 0.244 e. The lowest BCUT2D eigenvalue weighted by molar-refractivity contribution is -0.132. The third-order valence-corrected chi connectivity index (χ3v) is 6.58. The molecule has 1 aliphatic heterocycles. The number of rotatable bonds is 7. The highest BCUT2D eigenvalue weighted by molar-refractivity contribution is 5.91. The van der Waals surface area contributed by atoms with Crippen molar-refractivity contribution in [3.8, 4) is 0 Å². The SMILES string of the molecule is Cc1n[nH]c(C)c1CCC(=O)N1CCc2c(cnc(C)c2CNC(=O)C=Cc2ccccc2F)C1. The van der Waals surface area contributed by atoms with Gasteiger partial charge in [0.25, 0.3) is 0 Å². The molecule has 2 aromatic heterocycles. The van der Waals surface area contributed by atoms with Crippen LogP contribution in [-0.4, -0.2) is 38.4 Å². The van der Waals surface area contributed by atoms with Gasteiger partial charge in [-0.15, -0.1) is 0 Å². The zero-order chi connectivity index (χ0) is 24.9. The normalized spacial score (nSPS) is 13.2. The lowest BCUT2D eigenvalue weighted by atomic mass is 9.94. The predicted molar refractivity (Wildman–Crippen MR) is 132 cm³/mol. The number of aromatic nitrogens is 3. The van der Waals surface area contributed by atoms with Crippen LogP contribution in [-0.2, 0) is 35.5 Å². The van der Waals surface area contributed by atoms with Crippen molar-refractivity contribution in [1.29, 1.82) is 0 Å². The number of hydrogen-bond donors (Lipinski definition) is 2. The number of aryl methyl sites for hydroxylation is 3. The molecule has 0 unspecified atom stereocenters. The van der Waals surface area contributed by atoms with Crippen LogP contribution < -0.4 is 5.32 Å². The second-order valence-corrected chi connectivity index (χ2v) is 8.88. The van der Waals surface area contributed by atoms with Crippen LogP contribution in [0, 0.1) is 26.6 Å². The monoisotopic (exact) mass is 475 g/mol. The fraction of sp³-hybridized carbons (Fsp3) is 0.333. The minimum absolute atomic E-state index is 0.115. The number of H-pyrrole nitrogens is 1. The highest BCUT2D eigenvalue weighted by Crippen LogP contribution is 2.25. The summed E-state index contributed by atoms with van der Waals surface area (Å²) in [6.07, 6.45) is 6.45. The molecule has 0 saturated carbocycles. The van der Waals surface area contributed by atoms with E-state index >= 15 is 0 Å². The lowest BCUT2D eigenvalue weighted by Gasteiger charge is -2.30. The van der Waals surface area contributed by atoms with Gasteiger partial charge in [-0.2, -0.15) is 5.10 Å². The van der Waals surface area contributed by atoms with E-state index in [1.54, 1.807) is 18.2 Å². The lowest BCUT2D eigenvalue weighted by Crippen LogP contribution is -2.37. The van der Waals surface area contributed by atoms with E-state index < -0.39 is 0 Å². The van der Waals surface area contributed by atoms with Crippen LogP contribution in [0.15, 0.2) is 36.5 Å². The maximum Gasteiger partial charge on any atom is 0.244 e. The Labute approximate surface area is 204 Å². The largest absolute Gasteiger partial charge is 0.348 e. The summed E-state index contributed by atoms with van der Waals surface area (Å²) in [5, 5.41) is 10.1. The van der Waals surface area contributed by atoms with Gasteiger partial charge in [-0.05, 0) is 68.0 Å². The van der Waals surface area contributed by atoms with Crippen LogP contribution in [0.1, 0.15) is 51.3 Å². The third-order valence-electron chi connectivity index (χ3n) is 6.58. The molecule has 0 atom stereocenters. The maximum atomic E-state index is 13.8. The van der Waals surface area contributed by atoms with Gasteiger partial charge in [0, 0.05) is 55.3 Å². The van der Waals surface area contributed by atoms with Crippen LogP contribution in [0.3, 0.4) is 0 Å². The first-order valence-corrected chi connectivity index (χ1v) is 11.8. The van der Waals surface area contributed by atoms with Crippen LogP contribution in [0.5, 0.6) is 0 Å². The predicted octanol–water partition coefficient (Wildman–Crippen LogP) is 3.72. The number of hydrogen-bond acceptors (Lipinski definition) is 4. The number of benzene rings is 1. The van der Waals surface area contributed by atoms with Gasteiger partial charge < -0.3 is 10.2 Å². The number of pyridine rings is 1. The third kappa shape index (κ3) is 5.65. The molecular weight excluding hydrogens is 445 g/mol. The van der Waals surface area contributed by atoms with E-state index in [0.29, 0.717) is 44.5 Å². The first-order valence-electron chi connectivity index (χ1n) is 11.8. The summed E-state index contributed by atoms with van der Waals surface area (Å²) in [5.74, 6) is -0.560. The van der Waals surface area contributed by atoms with E-state index in [0.717, 1.165) is 39.3 Å². The second-order valence-electron chi connectivity index (χ2n) is 8.88. The molecule has 0 bridgehead atoms. The molecule has 0 radical (unpaired) electrons. The summed E-state index contributed by atoms with van der Waals surface area (Å²) < 4.78 is 13.8. The van der Waals surface area contributed by atoms with Crippen molar-refractivity contribution in [3.63, 3.8) is 0 Å². The molecule has 8 heteroatoms. The molecule has 182 valence electrons. The summed E-state index contributed by atoms with van der Waals surface area (Å²) in [6, 6.07) is 6.30. The molecule has 7 nitrogen and oxygen atoms in total. The number of fused-ring (bicyclic) bond motifs is 1. The van der Waals surface area contributed by atoms with Crippen molar-refractivity contribution < 1.29 is 14.0 Å². The van der Waals surface area contributed by atoms with E-state index in [-0.39, 0.29) is 17.6 Å². The maximum absolute atomic E-state index is 13.8. The molecular formula is C27H30FN5O2. The summed E-state index contributed by atoms with van der Waals surface area (Å²) in [5.41, 5.74) is 7.40. The number of halogens is 1. The van der Waals surface area contributed by atoms with E-state index in [2.05, 4.69) is 20.5 Å². The van der Waals surface area contributed by atoms with Crippen LogP contribution >= 0.6 is 0 Å². The first-order chi connectivity index (χ1) is 16.8. The molecule has 2 N–H and O–H groups in total. The van der Waals surface area contributed by atoms with Gasteiger partial charge >= 0.3 is 0 Å². The average Bonchev–Trinajstić information content (AvgIpc) is 3.17. The molecule has 0 fully saturated rings. The Hall–Kier alpha value is -3.81. The van der Waals surface area contributed by atoms with E-state index in [1.165, 1.54) is 18.2 Å². The Bertz CT molecular complexity index is 1260. The van der Waals surface area contributed by atoms with Crippen molar-refractivity contribution in [2.45, 2.75) is 53.1 Å². The number of carbonyl (C=O) groups is 2. The second kappa shape index (κ2) is 10.6. The Morgan fingerprint density at radius 2 is 1.97 bits per heavy atom. The molecule has 1 aromatic carbocycles. The molecule has 4 rings (SSSR count). The van der Waals surface area contributed by atoms with Crippen LogP contribution in [0.25, 0.3) is 6.08 Å². The van der Waals surface area contributed by atoms with Gasteiger partial charge in [-0.25, -0.2) is 4.39 Å². The molecule has 1 aliphatic rings. The fourth-order valence-electron chi connectivity index (χ4n) is 4.51. The van der Waals surface area contributed by atoms with Crippen molar-refractivity contribution in [2.75, 3.05) is 6.54 Å². The van der Waals surface area contributed by atoms with Crippen molar-refractivity contribution in [1.82, 2.24) is 25.4 Å². The Morgan fingerprint density at radius 1 is 1.17 bits per heavy atom. The Kier molecular flexibility index (Phi) is 7.39. The topological polar surface area (TPSA) is 91.0 Å². The first kappa shape index (κ1) is 24.3. The molecule has 2 amide bonds. The number of amides is 2. The van der Waals surface area contributed by atoms with Crippen molar-refractivity contribution in [3.05, 3.63) is 87.3 Å². The summed E-state index contributed by atoms with van der Waals surface area (Å²) in [4.78, 5) is 31.6. The molecule has 35 heavy (non-hydrogen) atoms. The summed E-state index contributed by atoms with van der Waals surface area (Å²) in [7, 11) is 0. The van der Waals surface area contributed by atoms with Crippen molar-refractivity contribution in [2.24, 2.45) is 0 Å². The van der Waals surface area contributed by atoms with Crippen molar-refractivity contribution >= 4 is 17.9 Å². The Balaban J connectivity index is 1.38. The average molecular weight is 476 g/mol. The minimum Gasteiger partial charge on any atom is -0.348 e. The quantitative estimate of drug-likeness (QED) is 0.510. The molecule has 0 aliphatic carbocycles. The summed E-state index contributed by atoms with van der Waals surface area (Å²) in [6.45, 7) is 7.32. The number of nitrogens with zero attached hydrogens (tertiary/aromatic N) is 3. The zero-order valence-electron chi connectivity index (χ0n) is 20.3. The zero-order valence-corrected chi connectivity index (χ0v) is 20.3. The number of nitrogens with one attached hydrogen (secondary N) is 2. The molecule has 3 heterocycles. The standard InChI is InChI=1S/C27H30FN5O2/c1-17-24(15-30-26(34)10-8-20-6-4-5-7-25(20)28)23-12-13-33(16-21(23)14-29-17)27(35)11-9-22-18(2)31-32-19(22)3/h4-8,10,14H,9,11-13,15-16H2,1-3H3,(H,30,34)(H,31,32). The highest BCUT2D eigenvalue weighted by atomic mass is 19.1. The molecule has 0 spiro atoms. The van der Waals surface area contributed by atoms with Gasteiger partial charge in [0.1, 0.15) is 5.82 Å². The molecule has 0 saturated heterocycles. The molecule has 3 aromatic rings. The fourth-order valence-corrected chi connectivity index (χ4v) is 4.51. The van der Waals surface area contributed by atoms with E-state index in [4.69, 9.17) is 0 Å².